The highest BCUT2D eigenvalue weighted by molar-refractivity contribution is 5.81. The standard InChI is InChI=1S/C16H13FN4O/c1-22-15-5-2-10(8-20-15)16-12(3-4-14(18)21-16)11-6-7-19-9-13(11)17/h2-9H,1H3,(H2,18,21). The van der Waals surface area contributed by atoms with Gasteiger partial charge >= 0.3 is 0 Å². The second-order valence-corrected chi connectivity index (χ2v) is 4.58. The van der Waals surface area contributed by atoms with E-state index in [4.69, 9.17) is 10.5 Å². The predicted molar refractivity (Wildman–Crippen MR) is 81.6 cm³/mol. The van der Waals surface area contributed by atoms with Gasteiger partial charge in [-0.15, -0.1) is 0 Å². The number of nitrogen functional groups attached to an aromatic ring is 1. The van der Waals surface area contributed by atoms with Crippen molar-refractivity contribution in [2.75, 3.05) is 12.8 Å². The lowest BCUT2D eigenvalue weighted by Crippen LogP contribution is -1.97. The monoisotopic (exact) mass is 296 g/mol. The van der Waals surface area contributed by atoms with Gasteiger partial charge in [0.25, 0.3) is 0 Å². The molecule has 3 aromatic rings. The second-order valence-electron chi connectivity index (χ2n) is 4.58. The van der Waals surface area contributed by atoms with E-state index in [1.165, 1.54) is 12.4 Å². The van der Waals surface area contributed by atoms with Gasteiger partial charge in [0.1, 0.15) is 11.6 Å². The van der Waals surface area contributed by atoms with E-state index in [-0.39, 0.29) is 0 Å². The molecule has 5 nitrogen and oxygen atoms in total. The number of ether oxygens (including phenoxy) is 1. The average Bonchev–Trinajstić information content (AvgIpc) is 2.56. The van der Waals surface area contributed by atoms with Crippen LogP contribution in [0.25, 0.3) is 22.4 Å². The first kappa shape index (κ1) is 13.9. The van der Waals surface area contributed by atoms with Gasteiger partial charge < -0.3 is 10.5 Å². The summed E-state index contributed by atoms with van der Waals surface area (Å²) < 4.78 is 19.1. The molecule has 0 saturated heterocycles. The van der Waals surface area contributed by atoms with Crippen LogP contribution in [0.15, 0.2) is 48.9 Å². The molecule has 22 heavy (non-hydrogen) atoms. The number of halogens is 1. The molecule has 110 valence electrons. The summed E-state index contributed by atoms with van der Waals surface area (Å²) in [5.41, 5.74) is 8.09. The molecule has 0 spiro atoms. The maximum absolute atomic E-state index is 14.0. The number of nitrogens with zero attached hydrogens (tertiary/aromatic N) is 3. The summed E-state index contributed by atoms with van der Waals surface area (Å²) >= 11 is 0. The minimum absolute atomic E-state index is 0.351. The zero-order valence-corrected chi connectivity index (χ0v) is 11.8. The van der Waals surface area contributed by atoms with Crippen LogP contribution in [0.3, 0.4) is 0 Å². The number of hydrogen-bond donors (Lipinski definition) is 1. The molecule has 0 aliphatic heterocycles. The molecule has 0 atom stereocenters. The first-order chi connectivity index (χ1) is 10.7. The van der Waals surface area contributed by atoms with Crippen molar-refractivity contribution in [3.63, 3.8) is 0 Å². The Balaban J connectivity index is 2.18. The summed E-state index contributed by atoms with van der Waals surface area (Å²) in [4.78, 5) is 12.2. The number of anilines is 1. The highest BCUT2D eigenvalue weighted by Crippen LogP contribution is 2.32. The van der Waals surface area contributed by atoms with Crippen LogP contribution >= 0.6 is 0 Å². The van der Waals surface area contributed by atoms with Crippen molar-refractivity contribution in [1.29, 1.82) is 0 Å². The van der Waals surface area contributed by atoms with Gasteiger partial charge in [0.05, 0.1) is 19.0 Å². The van der Waals surface area contributed by atoms with Gasteiger partial charge in [-0.1, -0.05) is 0 Å². The summed E-state index contributed by atoms with van der Waals surface area (Å²) in [6.45, 7) is 0. The maximum Gasteiger partial charge on any atom is 0.212 e. The summed E-state index contributed by atoms with van der Waals surface area (Å²) in [6.07, 6.45) is 4.32. The van der Waals surface area contributed by atoms with E-state index in [1.807, 2.05) is 0 Å². The minimum Gasteiger partial charge on any atom is -0.481 e. The summed E-state index contributed by atoms with van der Waals surface area (Å²) in [5.74, 6) is 0.421. The summed E-state index contributed by atoms with van der Waals surface area (Å²) in [6, 6.07) is 8.49. The molecule has 3 heterocycles. The molecule has 3 aromatic heterocycles. The third kappa shape index (κ3) is 2.58. The van der Waals surface area contributed by atoms with E-state index in [0.717, 1.165) is 5.56 Å². The normalized spacial score (nSPS) is 10.5. The van der Waals surface area contributed by atoms with Gasteiger partial charge in [-0.3, -0.25) is 4.98 Å². The molecule has 0 aromatic carbocycles. The Morgan fingerprint density at radius 3 is 2.59 bits per heavy atom. The fourth-order valence-electron chi connectivity index (χ4n) is 2.15. The number of pyridine rings is 3. The van der Waals surface area contributed by atoms with E-state index in [1.54, 1.807) is 43.6 Å². The van der Waals surface area contributed by atoms with Crippen LogP contribution in [-0.2, 0) is 0 Å². The molecule has 3 rings (SSSR count). The highest BCUT2D eigenvalue weighted by atomic mass is 19.1. The molecule has 0 saturated carbocycles. The smallest absolute Gasteiger partial charge is 0.212 e. The first-order valence-corrected chi connectivity index (χ1v) is 6.56. The molecule has 0 aliphatic rings. The Hall–Kier alpha value is -3.02. The highest BCUT2D eigenvalue weighted by Gasteiger charge is 2.13. The quantitative estimate of drug-likeness (QED) is 0.804. The molecule has 0 radical (unpaired) electrons. The molecule has 0 fully saturated rings. The Morgan fingerprint density at radius 2 is 1.91 bits per heavy atom. The zero-order chi connectivity index (χ0) is 15.5. The Bertz CT molecular complexity index is 805. The fourth-order valence-corrected chi connectivity index (χ4v) is 2.15. The van der Waals surface area contributed by atoms with Crippen molar-refractivity contribution in [3.05, 3.63) is 54.7 Å². The van der Waals surface area contributed by atoms with E-state index in [0.29, 0.717) is 28.5 Å². The van der Waals surface area contributed by atoms with Crippen molar-refractivity contribution < 1.29 is 9.13 Å². The molecule has 2 N–H and O–H groups in total. The average molecular weight is 296 g/mol. The predicted octanol–water partition coefficient (Wildman–Crippen LogP) is 2.94. The van der Waals surface area contributed by atoms with Gasteiger partial charge in [0.2, 0.25) is 5.88 Å². The van der Waals surface area contributed by atoms with E-state index in [9.17, 15) is 4.39 Å². The largest absolute Gasteiger partial charge is 0.481 e. The van der Waals surface area contributed by atoms with Crippen molar-refractivity contribution in [2.45, 2.75) is 0 Å². The summed E-state index contributed by atoms with van der Waals surface area (Å²) in [7, 11) is 1.54. The maximum atomic E-state index is 14.0. The topological polar surface area (TPSA) is 73.9 Å². The van der Waals surface area contributed by atoms with Crippen LogP contribution in [0.5, 0.6) is 5.88 Å². The number of rotatable bonds is 3. The van der Waals surface area contributed by atoms with Gasteiger partial charge in [-0.05, 0) is 24.3 Å². The second kappa shape index (κ2) is 5.77. The van der Waals surface area contributed by atoms with Crippen LogP contribution in [-0.4, -0.2) is 22.1 Å². The Kier molecular flexibility index (Phi) is 3.65. The van der Waals surface area contributed by atoms with Gasteiger partial charge in [0.15, 0.2) is 0 Å². The van der Waals surface area contributed by atoms with Crippen LogP contribution < -0.4 is 10.5 Å². The third-order valence-electron chi connectivity index (χ3n) is 3.20. The fraction of sp³-hybridized carbons (Fsp3) is 0.0625. The van der Waals surface area contributed by atoms with Crippen molar-refractivity contribution >= 4 is 5.82 Å². The molecule has 0 bridgehead atoms. The molecule has 6 heteroatoms. The first-order valence-electron chi connectivity index (χ1n) is 6.56. The van der Waals surface area contributed by atoms with E-state index < -0.39 is 5.82 Å². The summed E-state index contributed by atoms with van der Waals surface area (Å²) in [5, 5.41) is 0. The van der Waals surface area contributed by atoms with Crippen LogP contribution in [0.2, 0.25) is 0 Å². The van der Waals surface area contributed by atoms with Crippen LogP contribution in [0.4, 0.5) is 10.2 Å². The molecular formula is C16H13FN4O. The lowest BCUT2D eigenvalue weighted by molar-refractivity contribution is 0.398. The number of aromatic nitrogens is 3. The van der Waals surface area contributed by atoms with Crippen molar-refractivity contribution in [3.8, 4) is 28.3 Å². The molecular weight excluding hydrogens is 283 g/mol. The zero-order valence-electron chi connectivity index (χ0n) is 11.8. The van der Waals surface area contributed by atoms with Crippen LogP contribution in [0, 0.1) is 5.82 Å². The van der Waals surface area contributed by atoms with Crippen molar-refractivity contribution in [2.24, 2.45) is 0 Å². The van der Waals surface area contributed by atoms with E-state index in [2.05, 4.69) is 15.0 Å². The minimum atomic E-state index is -0.420. The lowest BCUT2D eigenvalue weighted by Gasteiger charge is -2.11. The van der Waals surface area contributed by atoms with E-state index >= 15 is 0 Å². The van der Waals surface area contributed by atoms with Gasteiger partial charge in [-0.2, -0.15) is 0 Å². The molecule has 0 aliphatic carbocycles. The van der Waals surface area contributed by atoms with Crippen molar-refractivity contribution in [1.82, 2.24) is 15.0 Å². The molecule has 0 amide bonds. The van der Waals surface area contributed by atoms with Crippen LogP contribution in [0.1, 0.15) is 0 Å². The molecule has 0 unspecified atom stereocenters. The number of nitrogens with two attached hydrogens (primary N) is 1. The van der Waals surface area contributed by atoms with Gasteiger partial charge in [-0.25, -0.2) is 14.4 Å². The Labute approximate surface area is 126 Å². The SMILES string of the molecule is COc1ccc(-c2nc(N)ccc2-c2ccncc2F)cn1. The lowest BCUT2D eigenvalue weighted by atomic mass is 10.0. The Morgan fingerprint density at radius 1 is 1.05 bits per heavy atom. The number of methoxy groups -OCH3 is 1. The van der Waals surface area contributed by atoms with Gasteiger partial charge in [0, 0.05) is 35.2 Å². The third-order valence-corrected chi connectivity index (χ3v) is 3.20. The number of hydrogen-bond acceptors (Lipinski definition) is 5.